The Morgan fingerprint density at radius 3 is 2.67 bits per heavy atom. The fourth-order valence-electron chi connectivity index (χ4n) is 4.03. The topological polar surface area (TPSA) is 73.2 Å². The quantitative estimate of drug-likeness (QED) is 0.857. The van der Waals surface area contributed by atoms with Gasteiger partial charge in [0.25, 0.3) is 0 Å². The average molecular weight is 333 g/mol. The fraction of sp³-hybridized carbons (Fsp3) is 0.722. The van der Waals surface area contributed by atoms with E-state index in [2.05, 4.69) is 21.1 Å². The van der Waals surface area contributed by atoms with Gasteiger partial charge in [-0.25, -0.2) is 4.98 Å². The number of ether oxygens (including phenoxy) is 1. The van der Waals surface area contributed by atoms with Crippen molar-refractivity contribution in [2.24, 2.45) is 11.8 Å². The Hall–Kier alpha value is -1.85. The summed E-state index contributed by atoms with van der Waals surface area (Å²) < 4.78 is 7.02. The zero-order valence-corrected chi connectivity index (χ0v) is 14.6. The first-order chi connectivity index (χ1) is 11.6. The minimum absolute atomic E-state index is 0.0241. The number of hydrogen-bond acceptors (Lipinski definition) is 4. The van der Waals surface area contributed by atoms with Crippen molar-refractivity contribution >= 4 is 11.9 Å². The van der Waals surface area contributed by atoms with E-state index >= 15 is 0 Å². The summed E-state index contributed by atoms with van der Waals surface area (Å²) in [5.74, 6) is 1.39. The third-order valence-corrected chi connectivity index (χ3v) is 5.40. The van der Waals surface area contributed by atoms with Gasteiger partial charge in [0.2, 0.25) is 5.91 Å². The van der Waals surface area contributed by atoms with Gasteiger partial charge in [0.15, 0.2) is 0 Å². The predicted molar refractivity (Wildman–Crippen MR) is 89.4 cm³/mol. The maximum absolute atomic E-state index is 12.4. The van der Waals surface area contributed by atoms with Crippen LogP contribution in [0.2, 0.25) is 0 Å². The number of methoxy groups -OCH3 is 1. The number of hydrogen-bond donors (Lipinski definition) is 1. The van der Waals surface area contributed by atoms with Gasteiger partial charge in [-0.1, -0.05) is 0 Å². The molecule has 1 unspecified atom stereocenters. The number of nitrogens with zero attached hydrogens (tertiary/aromatic N) is 2. The molecule has 0 radical (unpaired) electrons. The molecule has 2 aliphatic rings. The van der Waals surface area contributed by atoms with Crippen LogP contribution < -0.4 is 5.32 Å². The zero-order valence-electron chi connectivity index (χ0n) is 14.6. The van der Waals surface area contributed by atoms with Crippen molar-refractivity contribution in [1.29, 1.82) is 0 Å². The lowest BCUT2D eigenvalue weighted by Crippen LogP contribution is -2.37. The molecule has 6 heteroatoms. The standard InChI is InChI=1S/C18H27N3O3/c1-12-11-21-9-3-4-15(16(21)20-12)10-19-17(22)13-5-7-14(8-6-13)18(23)24-2/h11,13-15H,3-10H2,1-2H3,(H,19,22). The summed E-state index contributed by atoms with van der Waals surface area (Å²) in [6.45, 7) is 3.70. The summed E-state index contributed by atoms with van der Waals surface area (Å²) >= 11 is 0. The molecule has 1 aliphatic heterocycles. The van der Waals surface area contributed by atoms with E-state index in [0.29, 0.717) is 12.5 Å². The third kappa shape index (κ3) is 3.62. The smallest absolute Gasteiger partial charge is 0.308 e. The Labute approximate surface area is 143 Å². The predicted octanol–water partition coefficient (Wildman–Crippen LogP) is 2.16. The second-order valence-corrected chi connectivity index (χ2v) is 7.09. The molecule has 0 saturated heterocycles. The number of amides is 1. The molecule has 1 saturated carbocycles. The van der Waals surface area contributed by atoms with Crippen LogP contribution in [0, 0.1) is 18.8 Å². The second kappa shape index (κ2) is 7.36. The largest absolute Gasteiger partial charge is 0.469 e. The van der Waals surface area contributed by atoms with Crippen LogP contribution in [-0.2, 0) is 20.9 Å². The Morgan fingerprint density at radius 1 is 1.25 bits per heavy atom. The molecule has 1 atom stereocenters. The number of carbonyl (C=O) groups excluding carboxylic acids is 2. The van der Waals surface area contributed by atoms with Crippen LogP contribution in [0.25, 0.3) is 0 Å². The third-order valence-electron chi connectivity index (χ3n) is 5.40. The SMILES string of the molecule is COC(=O)C1CCC(C(=O)NCC2CCCn3cc(C)nc32)CC1. The Kier molecular flexibility index (Phi) is 5.21. The Bertz CT molecular complexity index is 603. The highest BCUT2D eigenvalue weighted by Crippen LogP contribution is 2.30. The summed E-state index contributed by atoms with van der Waals surface area (Å²) in [4.78, 5) is 28.6. The molecular weight excluding hydrogens is 306 g/mol. The van der Waals surface area contributed by atoms with Gasteiger partial charge in [0.05, 0.1) is 18.7 Å². The highest BCUT2D eigenvalue weighted by atomic mass is 16.5. The lowest BCUT2D eigenvalue weighted by Gasteiger charge is -2.28. The Morgan fingerprint density at radius 2 is 1.96 bits per heavy atom. The molecular formula is C18H27N3O3. The molecule has 6 nitrogen and oxygen atoms in total. The highest BCUT2D eigenvalue weighted by molar-refractivity contribution is 5.79. The molecule has 1 amide bonds. The van der Waals surface area contributed by atoms with Crippen LogP contribution in [0.3, 0.4) is 0 Å². The molecule has 0 bridgehead atoms. The summed E-state index contributed by atoms with van der Waals surface area (Å²) in [7, 11) is 1.43. The van der Waals surface area contributed by atoms with E-state index in [0.717, 1.165) is 56.6 Å². The van der Waals surface area contributed by atoms with Crippen molar-refractivity contribution in [1.82, 2.24) is 14.9 Å². The van der Waals surface area contributed by atoms with Crippen molar-refractivity contribution in [3.05, 3.63) is 17.7 Å². The molecule has 1 aromatic heterocycles. The number of carbonyl (C=O) groups is 2. The lowest BCUT2D eigenvalue weighted by molar-refractivity contribution is -0.147. The normalized spacial score (nSPS) is 26.5. The monoisotopic (exact) mass is 333 g/mol. The fourth-order valence-corrected chi connectivity index (χ4v) is 4.03. The first-order valence-corrected chi connectivity index (χ1v) is 8.97. The Balaban J connectivity index is 1.49. The summed E-state index contributed by atoms with van der Waals surface area (Å²) in [5, 5.41) is 3.12. The van der Waals surface area contributed by atoms with Crippen LogP contribution >= 0.6 is 0 Å². The van der Waals surface area contributed by atoms with Gasteiger partial charge in [-0.2, -0.15) is 0 Å². The minimum Gasteiger partial charge on any atom is -0.469 e. The first kappa shape index (κ1) is 17.0. The van der Waals surface area contributed by atoms with Crippen LogP contribution in [0.1, 0.15) is 56.0 Å². The maximum atomic E-state index is 12.4. The van der Waals surface area contributed by atoms with Gasteiger partial charge in [-0.15, -0.1) is 0 Å². The summed E-state index contributed by atoms with van der Waals surface area (Å²) in [5.41, 5.74) is 1.05. The van der Waals surface area contributed by atoms with Gasteiger partial charge < -0.3 is 14.6 Å². The lowest BCUT2D eigenvalue weighted by atomic mass is 9.81. The van der Waals surface area contributed by atoms with E-state index in [4.69, 9.17) is 4.74 Å². The summed E-state index contributed by atoms with van der Waals surface area (Å²) in [6, 6.07) is 0. The van der Waals surface area contributed by atoms with Gasteiger partial charge in [0, 0.05) is 31.1 Å². The van der Waals surface area contributed by atoms with E-state index in [-0.39, 0.29) is 23.7 Å². The second-order valence-electron chi connectivity index (χ2n) is 7.09. The van der Waals surface area contributed by atoms with Crippen LogP contribution in [-0.4, -0.2) is 35.1 Å². The first-order valence-electron chi connectivity index (χ1n) is 8.97. The van der Waals surface area contributed by atoms with E-state index in [1.807, 2.05) is 6.92 Å². The van der Waals surface area contributed by atoms with E-state index in [1.54, 1.807) is 0 Å². The van der Waals surface area contributed by atoms with Crippen LogP contribution in [0.4, 0.5) is 0 Å². The molecule has 132 valence electrons. The maximum Gasteiger partial charge on any atom is 0.308 e. The molecule has 1 aromatic rings. The van der Waals surface area contributed by atoms with Crippen molar-refractivity contribution in [3.63, 3.8) is 0 Å². The minimum atomic E-state index is -0.140. The highest BCUT2D eigenvalue weighted by Gasteiger charge is 2.31. The van der Waals surface area contributed by atoms with E-state index in [9.17, 15) is 9.59 Å². The van der Waals surface area contributed by atoms with Crippen molar-refractivity contribution in [2.75, 3.05) is 13.7 Å². The molecule has 24 heavy (non-hydrogen) atoms. The average Bonchev–Trinajstić information content (AvgIpc) is 2.99. The number of esters is 1. The van der Waals surface area contributed by atoms with Gasteiger partial charge in [-0.05, 0) is 45.4 Å². The molecule has 1 N–H and O–H groups in total. The molecule has 1 fully saturated rings. The van der Waals surface area contributed by atoms with Gasteiger partial charge in [-0.3, -0.25) is 9.59 Å². The number of aryl methyl sites for hydroxylation is 2. The van der Waals surface area contributed by atoms with Gasteiger partial charge in [0.1, 0.15) is 5.82 Å². The van der Waals surface area contributed by atoms with Crippen molar-refractivity contribution < 1.29 is 14.3 Å². The number of rotatable bonds is 4. The number of nitrogens with one attached hydrogen (secondary N) is 1. The molecule has 1 aliphatic carbocycles. The molecule has 3 rings (SSSR count). The number of fused-ring (bicyclic) bond motifs is 1. The number of aromatic nitrogens is 2. The van der Waals surface area contributed by atoms with E-state index < -0.39 is 0 Å². The van der Waals surface area contributed by atoms with Crippen molar-refractivity contribution in [2.45, 2.75) is 57.9 Å². The zero-order chi connectivity index (χ0) is 17.1. The molecule has 0 aromatic carbocycles. The van der Waals surface area contributed by atoms with Crippen LogP contribution in [0.15, 0.2) is 6.20 Å². The molecule has 2 heterocycles. The van der Waals surface area contributed by atoms with Crippen LogP contribution in [0.5, 0.6) is 0 Å². The van der Waals surface area contributed by atoms with Crippen molar-refractivity contribution in [3.8, 4) is 0 Å². The molecule has 0 spiro atoms. The van der Waals surface area contributed by atoms with Gasteiger partial charge >= 0.3 is 5.97 Å². The number of imidazole rings is 1. The van der Waals surface area contributed by atoms with E-state index in [1.165, 1.54) is 7.11 Å². The summed E-state index contributed by atoms with van der Waals surface area (Å²) in [6.07, 6.45) is 7.33.